The van der Waals surface area contributed by atoms with Crippen molar-refractivity contribution in [2.24, 2.45) is 5.92 Å². The zero-order valence-electron chi connectivity index (χ0n) is 14.1. The van der Waals surface area contributed by atoms with E-state index in [1.54, 1.807) is 0 Å². The number of hydrogen-bond donors (Lipinski definition) is 1. The Morgan fingerprint density at radius 3 is 2.48 bits per heavy atom. The van der Waals surface area contributed by atoms with Crippen LogP contribution in [0.2, 0.25) is 0 Å². The fourth-order valence-corrected chi connectivity index (χ4v) is 3.46. The van der Waals surface area contributed by atoms with E-state index < -0.39 is 0 Å². The van der Waals surface area contributed by atoms with Gasteiger partial charge in [-0.15, -0.1) is 0 Å². The van der Waals surface area contributed by atoms with Gasteiger partial charge >= 0.3 is 0 Å². The van der Waals surface area contributed by atoms with Crippen molar-refractivity contribution in [1.82, 2.24) is 10.2 Å². The smallest absolute Gasteiger partial charge is 0.241 e. The van der Waals surface area contributed by atoms with Crippen LogP contribution in [0.4, 0.5) is 0 Å². The Morgan fingerprint density at radius 2 is 1.95 bits per heavy atom. The molecule has 3 nitrogen and oxygen atoms in total. The maximum absolute atomic E-state index is 12.6. The number of carbonyl (C=O) groups excluding carboxylic acids is 1. The minimum absolute atomic E-state index is 0.000417. The highest BCUT2D eigenvalue weighted by Crippen LogP contribution is 2.33. The Labute approximate surface area is 128 Å². The van der Waals surface area contributed by atoms with Crippen LogP contribution in [0.1, 0.15) is 57.0 Å². The summed E-state index contributed by atoms with van der Waals surface area (Å²) in [6, 6.07) is 6.66. The van der Waals surface area contributed by atoms with Crippen LogP contribution in [0.25, 0.3) is 0 Å². The van der Waals surface area contributed by atoms with Crippen molar-refractivity contribution in [1.29, 1.82) is 0 Å². The summed E-state index contributed by atoms with van der Waals surface area (Å²) in [5.41, 5.74) is 3.73. The van der Waals surface area contributed by atoms with Crippen LogP contribution in [0.3, 0.4) is 0 Å². The molecule has 2 rings (SSSR count). The molecule has 0 saturated carbocycles. The first-order valence-corrected chi connectivity index (χ1v) is 8.02. The fraction of sp³-hybridized carbons (Fsp3) is 0.611. The van der Waals surface area contributed by atoms with Crippen LogP contribution in [-0.4, -0.2) is 22.9 Å². The third kappa shape index (κ3) is 2.98. The molecule has 1 amide bonds. The monoisotopic (exact) mass is 288 g/mol. The molecule has 1 aromatic carbocycles. The number of nitrogens with zero attached hydrogens (tertiary/aromatic N) is 1. The van der Waals surface area contributed by atoms with Gasteiger partial charge in [0.2, 0.25) is 5.91 Å². The molecule has 0 spiro atoms. The molecule has 3 unspecified atom stereocenters. The van der Waals surface area contributed by atoms with Crippen molar-refractivity contribution < 1.29 is 4.79 Å². The molecule has 1 aliphatic rings. The second kappa shape index (κ2) is 6.18. The topological polar surface area (TPSA) is 32.3 Å². The predicted octanol–water partition coefficient (Wildman–Crippen LogP) is 3.56. The molecule has 0 aromatic heterocycles. The van der Waals surface area contributed by atoms with Gasteiger partial charge in [-0.05, 0) is 44.2 Å². The zero-order chi connectivity index (χ0) is 15.7. The van der Waals surface area contributed by atoms with E-state index in [1.807, 2.05) is 6.92 Å². The van der Waals surface area contributed by atoms with Gasteiger partial charge in [-0.2, -0.15) is 0 Å². The predicted molar refractivity (Wildman–Crippen MR) is 87.0 cm³/mol. The van der Waals surface area contributed by atoms with E-state index >= 15 is 0 Å². The second-order valence-corrected chi connectivity index (χ2v) is 6.62. The maximum atomic E-state index is 12.6. The van der Waals surface area contributed by atoms with Gasteiger partial charge in [-0.3, -0.25) is 10.1 Å². The van der Waals surface area contributed by atoms with Crippen LogP contribution in [0, 0.1) is 19.8 Å². The number of carbonyl (C=O) groups is 1. The summed E-state index contributed by atoms with van der Waals surface area (Å²) in [6.07, 6.45) is 0.986. The summed E-state index contributed by atoms with van der Waals surface area (Å²) in [5.74, 6) is 0.680. The van der Waals surface area contributed by atoms with Gasteiger partial charge in [-0.1, -0.05) is 44.5 Å². The van der Waals surface area contributed by atoms with Crippen molar-refractivity contribution in [3.63, 3.8) is 0 Å². The fourth-order valence-electron chi connectivity index (χ4n) is 3.46. The molecule has 1 aromatic rings. The molecule has 1 heterocycles. The van der Waals surface area contributed by atoms with Crippen LogP contribution >= 0.6 is 0 Å². The van der Waals surface area contributed by atoms with E-state index in [9.17, 15) is 4.79 Å². The lowest BCUT2D eigenvalue weighted by atomic mass is 9.97. The van der Waals surface area contributed by atoms with Crippen molar-refractivity contribution in [2.75, 3.05) is 0 Å². The van der Waals surface area contributed by atoms with Gasteiger partial charge in [0.15, 0.2) is 0 Å². The van der Waals surface area contributed by atoms with E-state index in [-0.39, 0.29) is 24.2 Å². The molecule has 1 N–H and O–H groups in total. The van der Waals surface area contributed by atoms with Gasteiger partial charge in [0.1, 0.15) is 6.17 Å². The molecular weight excluding hydrogens is 260 g/mol. The average Bonchev–Trinajstić information content (AvgIpc) is 2.68. The first-order chi connectivity index (χ1) is 9.86. The Hall–Kier alpha value is -1.35. The highest BCUT2D eigenvalue weighted by molar-refractivity contribution is 5.84. The normalized spacial score (nSPS) is 24.0. The number of benzene rings is 1. The minimum atomic E-state index is -0.108. The summed E-state index contributed by atoms with van der Waals surface area (Å²) < 4.78 is 0. The van der Waals surface area contributed by atoms with Gasteiger partial charge in [0.25, 0.3) is 0 Å². The van der Waals surface area contributed by atoms with E-state index in [2.05, 4.69) is 63.0 Å². The molecule has 1 saturated heterocycles. The van der Waals surface area contributed by atoms with E-state index in [4.69, 9.17) is 0 Å². The van der Waals surface area contributed by atoms with Crippen LogP contribution in [-0.2, 0) is 4.79 Å². The van der Waals surface area contributed by atoms with E-state index in [0.29, 0.717) is 5.92 Å². The quantitative estimate of drug-likeness (QED) is 0.919. The van der Waals surface area contributed by atoms with Gasteiger partial charge in [0.05, 0.1) is 6.04 Å². The largest absolute Gasteiger partial charge is 0.318 e. The number of rotatable bonds is 4. The lowest BCUT2D eigenvalue weighted by molar-refractivity contribution is -0.133. The van der Waals surface area contributed by atoms with Gasteiger partial charge in [-0.25, -0.2) is 0 Å². The first kappa shape index (κ1) is 16.0. The SMILES string of the molecule is CCC(C(C)C)N1C(=O)C(C)NC1c1ccc(C)cc1C. The second-order valence-electron chi connectivity index (χ2n) is 6.62. The zero-order valence-corrected chi connectivity index (χ0v) is 14.1. The summed E-state index contributed by atoms with van der Waals surface area (Å²) >= 11 is 0. The van der Waals surface area contributed by atoms with Crippen LogP contribution < -0.4 is 5.32 Å². The number of amides is 1. The summed E-state index contributed by atoms with van der Waals surface area (Å²) in [7, 11) is 0. The van der Waals surface area contributed by atoms with Crippen molar-refractivity contribution in [2.45, 2.75) is 66.2 Å². The average molecular weight is 288 g/mol. The van der Waals surface area contributed by atoms with Crippen molar-refractivity contribution in [3.8, 4) is 0 Å². The molecule has 3 atom stereocenters. The van der Waals surface area contributed by atoms with Crippen LogP contribution in [0.15, 0.2) is 18.2 Å². The highest BCUT2D eigenvalue weighted by Gasteiger charge is 2.41. The van der Waals surface area contributed by atoms with Crippen LogP contribution in [0.5, 0.6) is 0 Å². The highest BCUT2D eigenvalue weighted by atomic mass is 16.2. The number of nitrogens with one attached hydrogen (secondary N) is 1. The Balaban J connectivity index is 2.42. The third-order valence-corrected chi connectivity index (χ3v) is 4.58. The molecule has 1 fully saturated rings. The molecule has 116 valence electrons. The Bertz CT molecular complexity index is 524. The standard InChI is InChI=1S/C18H28N2O/c1-7-16(11(2)3)20-17(19-14(6)18(20)21)15-9-8-12(4)10-13(15)5/h8-11,14,16-17,19H,7H2,1-6H3. The molecule has 0 aliphatic carbocycles. The van der Waals surface area contributed by atoms with Crippen molar-refractivity contribution in [3.05, 3.63) is 34.9 Å². The van der Waals surface area contributed by atoms with Crippen molar-refractivity contribution >= 4 is 5.91 Å². The molecular formula is C18H28N2O. The number of aryl methyl sites for hydroxylation is 2. The Morgan fingerprint density at radius 1 is 1.29 bits per heavy atom. The molecule has 3 heteroatoms. The minimum Gasteiger partial charge on any atom is -0.318 e. The maximum Gasteiger partial charge on any atom is 0.241 e. The Kier molecular flexibility index (Phi) is 4.72. The number of hydrogen-bond acceptors (Lipinski definition) is 2. The van der Waals surface area contributed by atoms with E-state index in [0.717, 1.165) is 6.42 Å². The van der Waals surface area contributed by atoms with Gasteiger partial charge in [0, 0.05) is 6.04 Å². The summed E-state index contributed by atoms with van der Waals surface area (Å²) in [5, 5.41) is 3.48. The summed E-state index contributed by atoms with van der Waals surface area (Å²) in [6.45, 7) is 12.8. The third-order valence-electron chi connectivity index (χ3n) is 4.58. The first-order valence-electron chi connectivity index (χ1n) is 8.02. The molecule has 0 bridgehead atoms. The lowest BCUT2D eigenvalue weighted by Crippen LogP contribution is -2.42. The van der Waals surface area contributed by atoms with E-state index in [1.165, 1.54) is 16.7 Å². The molecule has 21 heavy (non-hydrogen) atoms. The molecule has 0 radical (unpaired) electrons. The summed E-state index contributed by atoms with van der Waals surface area (Å²) in [4.78, 5) is 14.7. The van der Waals surface area contributed by atoms with Gasteiger partial charge < -0.3 is 4.90 Å². The lowest BCUT2D eigenvalue weighted by Gasteiger charge is -2.35. The molecule has 1 aliphatic heterocycles.